The Morgan fingerprint density at radius 1 is 1.18 bits per heavy atom. The average molecular weight is 528 g/mol. The molecule has 2 N–H and O–H groups in total. The lowest BCUT2D eigenvalue weighted by Crippen LogP contribution is -2.49. The Hall–Kier alpha value is -0.420. The molecule has 0 aromatic carbocycles. The second kappa shape index (κ2) is 13.7. The first kappa shape index (κ1) is 25.6. The molecule has 2 rings (SSSR count). The first-order valence-electron chi connectivity index (χ1n) is 10.4. The van der Waals surface area contributed by atoms with Gasteiger partial charge in [0, 0.05) is 74.0 Å². The van der Waals surface area contributed by atoms with Crippen molar-refractivity contribution in [1.82, 2.24) is 20.4 Å². The maximum Gasteiger partial charge on any atom is 0.219 e. The normalized spacial score (nSPS) is 25.0. The highest BCUT2D eigenvalue weighted by molar-refractivity contribution is 14.0. The molecular weight excluding hydrogens is 489 g/mol. The van der Waals surface area contributed by atoms with Crippen LogP contribution in [0.2, 0.25) is 0 Å². The Morgan fingerprint density at radius 2 is 1.89 bits per heavy atom. The van der Waals surface area contributed by atoms with Gasteiger partial charge in [-0.1, -0.05) is 13.3 Å². The third kappa shape index (κ3) is 8.52. The summed E-state index contributed by atoms with van der Waals surface area (Å²) >= 11 is 0. The first-order chi connectivity index (χ1) is 13.0. The van der Waals surface area contributed by atoms with Gasteiger partial charge in [0.05, 0.1) is 6.54 Å². The van der Waals surface area contributed by atoms with Crippen LogP contribution >= 0.6 is 24.0 Å². The van der Waals surface area contributed by atoms with E-state index in [1.807, 2.05) is 11.8 Å². The standard InChI is InChI=1S/C19H37N5O2S.HI/c1-4-20-19(22-17-7-6-8-18(15-17)27(26)5-2)21-9-10-23-11-13-24(14-12-23)16(3)25;/h17-18H,4-15H2,1-3H3,(H2,20,21,22);1H. The fourth-order valence-electron chi connectivity index (χ4n) is 3.85. The highest BCUT2D eigenvalue weighted by Crippen LogP contribution is 2.22. The largest absolute Gasteiger partial charge is 0.357 e. The van der Waals surface area contributed by atoms with E-state index < -0.39 is 10.8 Å². The maximum absolute atomic E-state index is 12.1. The van der Waals surface area contributed by atoms with E-state index in [-0.39, 0.29) is 29.9 Å². The maximum atomic E-state index is 12.1. The summed E-state index contributed by atoms with van der Waals surface area (Å²) in [7, 11) is -0.703. The summed E-state index contributed by atoms with van der Waals surface area (Å²) < 4.78 is 12.1. The summed E-state index contributed by atoms with van der Waals surface area (Å²) in [5, 5.41) is 7.22. The van der Waals surface area contributed by atoms with Gasteiger partial charge in [-0.05, 0) is 26.2 Å². The fraction of sp³-hybridized carbons (Fsp3) is 0.895. The minimum absolute atomic E-state index is 0. The molecular formula is C19H38IN5O2S. The highest BCUT2D eigenvalue weighted by Gasteiger charge is 2.26. The van der Waals surface area contributed by atoms with Gasteiger partial charge in [-0.2, -0.15) is 0 Å². The van der Waals surface area contributed by atoms with Crippen LogP contribution in [-0.4, -0.2) is 88.7 Å². The predicted molar refractivity (Wildman–Crippen MR) is 128 cm³/mol. The molecule has 2 fully saturated rings. The van der Waals surface area contributed by atoms with Gasteiger partial charge in [0.25, 0.3) is 0 Å². The third-order valence-electron chi connectivity index (χ3n) is 5.47. The summed E-state index contributed by atoms with van der Waals surface area (Å²) in [5.74, 6) is 1.79. The SMILES string of the molecule is CCNC(=NCCN1CCN(C(C)=O)CC1)NC1CCCC(S(=O)CC)C1.I. The molecule has 9 heteroatoms. The minimum Gasteiger partial charge on any atom is -0.357 e. The predicted octanol–water partition coefficient (Wildman–Crippen LogP) is 1.40. The van der Waals surface area contributed by atoms with Crippen LogP contribution in [0.4, 0.5) is 0 Å². The number of rotatable bonds is 7. The number of piperazine rings is 1. The summed E-state index contributed by atoms with van der Waals surface area (Å²) in [4.78, 5) is 20.4. The van der Waals surface area contributed by atoms with Crippen molar-refractivity contribution >= 4 is 46.6 Å². The monoisotopic (exact) mass is 527 g/mol. The van der Waals surface area contributed by atoms with Crippen molar-refractivity contribution in [3.63, 3.8) is 0 Å². The van der Waals surface area contributed by atoms with E-state index in [9.17, 15) is 9.00 Å². The van der Waals surface area contributed by atoms with Crippen LogP contribution in [0.5, 0.6) is 0 Å². The molecule has 0 spiro atoms. The Morgan fingerprint density at radius 3 is 2.50 bits per heavy atom. The number of hydrogen-bond donors (Lipinski definition) is 2. The van der Waals surface area contributed by atoms with Gasteiger partial charge in [-0.25, -0.2) is 0 Å². The van der Waals surface area contributed by atoms with Gasteiger partial charge < -0.3 is 15.5 Å². The number of carbonyl (C=O) groups is 1. The minimum atomic E-state index is -0.703. The van der Waals surface area contributed by atoms with E-state index in [1.54, 1.807) is 6.92 Å². The van der Waals surface area contributed by atoms with Crippen LogP contribution in [-0.2, 0) is 15.6 Å². The molecule has 0 aromatic rings. The van der Waals surface area contributed by atoms with Crippen LogP contribution in [0.25, 0.3) is 0 Å². The van der Waals surface area contributed by atoms with Crippen molar-refractivity contribution in [2.75, 3.05) is 51.6 Å². The van der Waals surface area contributed by atoms with E-state index in [1.165, 1.54) is 0 Å². The smallest absolute Gasteiger partial charge is 0.219 e. The Labute approximate surface area is 189 Å². The van der Waals surface area contributed by atoms with Crippen LogP contribution < -0.4 is 10.6 Å². The second-order valence-corrected chi connectivity index (χ2v) is 9.41. The number of carbonyl (C=O) groups excluding carboxylic acids is 1. The molecule has 0 radical (unpaired) electrons. The Bertz CT molecular complexity index is 526. The van der Waals surface area contributed by atoms with E-state index in [4.69, 9.17) is 4.99 Å². The lowest BCUT2D eigenvalue weighted by atomic mass is 9.95. The molecule has 2 aliphatic rings. The fourth-order valence-corrected chi connectivity index (χ4v) is 5.20. The van der Waals surface area contributed by atoms with E-state index >= 15 is 0 Å². The lowest BCUT2D eigenvalue weighted by molar-refractivity contribution is -0.130. The Kier molecular flexibility index (Phi) is 12.6. The zero-order valence-electron chi connectivity index (χ0n) is 17.6. The molecule has 1 heterocycles. The summed E-state index contributed by atoms with van der Waals surface area (Å²) in [6, 6.07) is 0.358. The van der Waals surface area contributed by atoms with Gasteiger partial charge in [-0.3, -0.25) is 18.9 Å². The molecule has 164 valence electrons. The quantitative estimate of drug-likeness (QED) is 0.298. The van der Waals surface area contributed by atoms with Crippen molar-refractivity contribution in [3.8, 4) is 0 Å². The molecule has 7 nitrogen and oxygen atoms in total. The van der Waals surface area contributed by atoms with Crippen molar-refractivity contribution in [3.05, 3.63) is 0 Å². The number of aliphatic imine (C=N–C) groups is 1. The zero-order valence-corrected chi connectivity index (χ0v) is 20.8. The van der Waals surface area contributed by atoms with Crippen LogP contribution in [0.1, 0.15) is 46.5 Å². The molecule has 1 saturated heterocycles. The van der Waals surface area contributed by atoms with Crippen molar-refractivity contribution < 1.29 is 9.00 Å². The number of nitrogens with zero attached hydrogens (tertiary/aromatic N) is 3. The van der Waals surface area contributed by atoms with E-state index in [0.717, 1.165) is 83.2 Å². The van der Waals surface area contributed by atoms with Crippen molar-refractivity contribution in [2.24, 2.45) is 4.99 Å². The van der Waals surface area contributed by atoms with Crippen molar-refractivity contribution in [2.45, 2.75) is 57.7 Å². The third-order valence-corrected chi connectivity index (χ3v) is 7.21. The highest BCUT2D eigenvalue weighted by atomic mass is 127. The van der Waals surface area contributed by atoms with Crippen LogP contribution in [0, 0.1) is 0 Å². The van der Waals surface area contributed by atoms with Gasteiger partial charge in [0.15, 0.2) is 5.96 Å². The lowest BCUT2D eigenvalue weighted by Gasteiger charge is -2.34. The molecule has 1 amide bonds. The van der Waals surface area contributed by atoms with Crippen molar-refractivity contribution in [1.29, 1.82) is 0 Å². The zero-order chi connectivity index (χ0) is 19.6. The first-order valence-corrected chi connectivity index (χ1v) is 11.8. The summed E-state index contributed by atoms with van der Waals surface area (Å²) in [5.41, 5.74) is 0. The number of amides is 1. The molecule has 3 unspecified atom stereocenters. The number of nitrogens with one attached hydrogen (secondary N) is 2. The summed E-state index contributed by atoms with van der Waals surface area (Å²) in [6.45, 7) is 11.7. The van der Waals surface area contributed by atoms with Gasteiger partial charge in [0.1, 0.15) is 0 Å². The van der Waals surface area contributed by atoms with Crippen LogP contribution in [0.15, 0.2) is 4.99 Å². The molecule has 0 aromatic heterocycles. The number of hydrogen-bond acceptors (Lipinski definition) is 4. The second-order valence-electron chi connectivity index (χ2n) is 7.41. The molecule has 1 aliphatic heterocycles. The van der Waals surface area contributed by atoms with Crippen LogP contribution in [0.3, 0.4) is 0 Å². The summed E-state index contributed by atoms with van der Waals surface area (Å²) in [6.07, 6.45) is 4.30. The van der Waals surface area contributed by atoms with Gasteiger partial charge in [-0.15, -0.1) is 24.0 Å². The molecule has 1 saturated carbocycles. The molecule has 0 bridgehead atoms. The van der Waals surface area contributed by atoms with Gasteiger partial charge in [0.2, 0.25) is 5.91 Å². The molecule has 1 aliphatic carbocycles. The Balaban J connectivity index is 0.00000392. The van der Waals surface area contributed by atoms with Gasteiger partial charge >= 0.3 is 0 Å². The molecule has 3 atom stereocenters. The number of guanidine groups is 1. The molecule has 28 heavy (non-hydrogen) atoms. The average Bonchev–Trinajstić information content (AvgIpc) is 2.68. The number of halogens is 1. The van der Waals surface area contributed by atoms with E-state index in [2.05, 4.69) is 22.5 Å². The van der Waals surface area contributed by atoms with E-state index in [0.29, 0.717) is 11.3 Å². The topological polar surface area (TPSA) is 77.0 Å².